The van der Waals surface area contributed by atoms with E-state index in [0.29, 0.717) is 0 Å². The van der Waals surface area contributed by atoms with Gasteiger partial charge >= 0.3 is 0 Å². The number of hydrogen-bond donors (Lipinski definition) is 0. The van der Waals surface area contributed by atoms with E-state index in [0.717, 1.165) is 6.08 Å². The van der Waals surface area contributed by atoms with Gasteiger partial charge in [0.1, 0.15) is 0 Å². The Bertz CT molecular complexity index is 267. The maximum absolute atomic E-state index is 10.2. The summed E-state index contributed by atoms with van der Waals surface area (Å²) in [4.78, 5) is 18.9. The first-order valence-electron chi connectivity index (χ1n) is 3.12. The summed E-state index contributed by atoms with van der Waals surface area (Å²) < 4.78 is 0. The minimum Gasteiger partial charge on any atom is -0.259 e. The van der Waals surface area contributed by atoms with E-state index < -0.39 is 9.85 Å². The molecule has 0 unspecified atom stereocenters. The Morgan fingerprint density at radius 1 is 1.25 bits per heavy atom. The number of allylic oxidation sites excluding steroid dienone is 3. The van der Waals surface area contributed by atoms with Crippen LogP contribution in [0.5, 0.6) is 0 Å². The van der Waals surface area contributed by atoms with Gasteiger partial charge in [0, 0.05) is 6.92 Å². The standard InChI is InChI=1S/C6H8N2O4/c1-3-6(8(11)12)4-5(2)7(9)10/h3-4H,1-2H3. The Morgan fingerprint density at radius 3 is 2.00 bits per heavy atom. The summed E-state index contributed by atoms with van der Waals surface area (Å²) in [5.41, 5.74) is -0.524. The summed E-state index contributed by atoms with van der Waals surface area (Å²) in [6.45, 7) is 2.65. The van der Waals surface area contributed by atoms with Gasteiger partial charge in [0.2, 0.25) is 5.70 Å². The molecular formula is C6H8N2O4. The van der Waals surface area contributed by atoms with Gasteiger partial charge in [-0.1, -0.05) is 0 Å². The molecule has 6 heteroatoms. The molecule has 0 radical (unpaired) electrons. The fourth-order valence-electron chi connectivity index (χ4n) is 0.508. The largest absolute Gasteiger partial charge is 0.271 e. The fourth-order valence-corrected chi connectivity index (χ4v) is 0.508. The van der Waals surface area contributed by atoms with Crippen molar-refractivity contribution in [1.29, 1.82) is 0 Å². The lowest BCUT2D eigenvalue weighted by atomic mass is 10.3. The molecule has 0 fully saturated rings. The van der Waals surface area contributed by atoms with Crippen LogP contribution in [0.1, 0.15) is 13.8 Å². The first kappa shape index (κ1) is 10.3. The number of hydrogen-bond acceptors (Lipinski definition) is 4. The molecule has 0 bridgehead atoms. The highest BCUT2D eigenvalue weighted by Gasteiger charge is 2.10. The SMILES string of the molecule is CC=C(C=C(C)[N+](=O)[O-])[N+](=O)[O-]. The van der Waals surface area contributed by atoms with E-state index in [1.165, 1.54) is 19.9 Å². The molecule has 0 heterocycles. The molecule has 0 aliphatic heterocycles. The van der Waals surface area contributed by atoms with Gasteiger partial charge in [-0.2, -0.15) is 0 Å². The zero-order chi connectivity index (χ0) is 9.72. The Labute approximate surface area is 68.5 Å². The molecule has 0 aromatic rings. The van der Waals surface area contributed by atoms with Gasteiger partial charge in [0.15, 0.2) is 0 Å². The van der Waals surface area contributed by atoms with Crippen LogP contribution in [0.4, 0.5) is 0 Å². The van der Waals surface area contributed by atoms with Gasteiger partial charge in [-0.05, 0) is 13.0 Å². The predicted molar refractivity (Wildman–Crippen MR) is 41.5 cm³/mol. The fraction of sp³-hybridized carbons (Fsp3) is 0.333. The second kappa shape index (κ2) is 4.22. The summed E-state index contributed by atoms with van der Waals surface area (Å²) in [6, 6.07) is 0. The van der Waals surface area contributed by atoms with E-state index in [-0.39, 0.29) is 11.4 Å². The molecule has 12 heavy (non-hydrogen) atoms. The summed E-state index contributed by atoms with van der Waals surface area (Å²) in [6.07, 6.45) is 2.12. The summed E-state index contributed by atoms with van der Waals surface area (Å²) in [5, 5.41) is 20.2. The van der Waals surface area contributed by atoms with Crippen molar-refractivity contribution in [2.75, 3.05) is 0 Å². The highest BCUT2D eigenvalue weighted by Crippen LogP contribution is 2.03. The lowest BCUT2D eigenvalue weighted by molar-refractivity contribution is -0.434. The summed E-state index contributed by atoms with van der Waals surface area (Å²) in [5.74, 6) is 0. The van der Waals surface area contributed by atoms with E-state index in [1.54, 1.807) is 0 Å². The Balaban J connectivity index is 4.72. The third-order valence-corrected chi connectivity index (χ3v) is 1.15. The van der Waals surface area contributed by atoms with Crippen LogP contribution in [0.2, 0.25) is 0 Å². The van der Waals surface area contributed by atoms with E-state index >= 15 is 0 Å². The summed E-state index contributed by atoms with van der Waals surface area (Å²) >= 11 is 0. The van der Waals surface area contributed by atoms with Crippen molar-refractivity contribution < 1.29 is 9.85 Å². The smallest absolute Gasteiger partial charge is 0.259 e. The Morgan fingerprint density at radius 2 is 1.75 bits per heavy atom. The average molecular weight is 172 g/mol. The Kier molecular flexibility index (Phi) is 3.61. The van der Waals surface area contributed by atoms with Gasteiger partial charge in [-0.3, -0.25) is 20.2 Å². The molecule has 66 valence electrons. The van der Waals surface area contributed by atoms with Crippen molar-refractivity contribution in [3.63, 3.8) is 0 Å². The minimum absolute atomic E-state index is 0.250. The molecule has 0 spiro atoms. The summed E-state index contributed by atoms with van der Waals surface area (Å²) in [7, 11) is 0. The van der Waals surface area contributed by atoms with Crippen molar-refractivity contribution in [1.82, 2.24) is 0 Å². The minimum atomic E-state index is -0.674. The zero-order valence-electron chi connectivity index (χ0n) is 6.68. The maximum Gasteiger partial charge on any atom is 0.271 e. The molecule has 6 nitrogen and oxygen atoms in total. The van der Waals surface area contributed by atoms with Crippen LogP contribution in [0, 0.1) is 20.2 Å². The predicted octanol–water partition coefficient (Wildman–Crippen LogP) is 1.35. The lowest BCUT2D eigenvalue weighted by Gasteiger charge is -1.89. The topological polar surface area (TPSA) is 86.3 Å². The number of nitrogens with zero attached hydrogens (tertiary/aromatic N) is 2. The van der Waals surface area contributed by atoms with Gasteiger partial charge < -0.3 is 0 Å². The molecule has 0 aromatic heterocycles. The zero-order valence-corrected chi connectivity index (χ0v) is 6.68. The maximum atomic E-state index is 10.2. The third kappa shape index (κ3) is 2.91. The van der Waals surface area contributed by atoms with E-state index in [1.807, 2.05) is 0 Å². The third-order valence-electron chi connectivity index (χ3n) is 1.15. The molecular weight excluding hydrogens is 164 g/mol. The van der Waals surface area contributed by atoms with Gasteiger partial charge in [0.05, 0.1) is 15.9 Å². The van der Waals surface area contributed by atoms with Crippen molar-refractivity contribution in [3.8, 4) is 0 Å². The molecule has 0 aromatic carbocycles. The molecule has 0 rings (SSSR count). The van der Waals surface area contributed by atoms with E-state index in [4.69, 9.17) is 0 Å². The first-order valence-corrected chi connectivity index (χ1v) is 3.12. The second-order valence-electron chi connectivity index (χ2n) is 2.01. The van der Waals surface area contributed by atoms with Crippen molar-refractivity contribution in [2.45, 2.75) is 13.8 Å². The highest BCUT2D eigenvalue weighted by molar-refractivity contribution is 5.11. The Hall–Kier alpha value is -1.72. The van der Waals surface area contributed by atoms with E-state index in [2.05, 4.69) is 0 Å². The average Bonchev–Trinajstić information content (AvgIpc) is 1.98. The van der Waals surface area contributed by atoms with Crippen molar-refractivity contribution in [3.05, 3.63) is 43.8 Å². The van der Waals surface area contributed by atoms with E-state index in [9.17, 15) is 20.2 Å². The molecule has 0 saturated carbocycles. The molecule has 0 aliphatic carbocycles. The quantitative estimate of drug-likeness (QED) is 0.365. The molecule has 0 saturated heterocycles. The monoisotopic (exact) mass is 172 g/mol. The molecule has 0 aliphatic rings. The van der Waals surface area contributed by atoms with Gasteiger partial charge in [-0.15, -0.1) is 0 Å². The van der Waals surface area contributed by atoms with Gasteiger partial charge in [0.25, 0.3) is 5.70 Å². The van der Waals surface area contributed by atoms with Crippen LogP contribution in [0.15, 0.2) is 23.5 Å². The molecule has 0 amide bonds. The second-order valence-corrected chi connectivity index (χ2v) is 2.01. The lowest BCUT2D eigenvalue weighted by Crippen LogP contribution is -1.99. The highest BCUT2D eigenvalue weighted by atomic mass is 16.6. The first-order chi connectivity index (χ1) is 5.49. The van der Waals surface area contributed by atoms with Crippen LogP contribution >= 0.6 is 0 Å². The number of nitro groups is 2. The van der Waals surface area contributed by atoms with Crippen LogP contribution in [-0.2, 0) is 0 Å². The molecule has 0 N–H and O–H groups in total. The van der Waals surface area contributed by atoms with Crippen molar-refractivity contribution >= 4 is 0 Å². The van der Waals surface area contributed by atoms with Crippen LogP contribution in [0.3, 0.4) is 0 Å². The van der Waals surface area contributed by atoms with Crippen LogP contribution in [-0.4, -0.2) is 9.85 Å². The molecule has 0 atom stereocenters. The normalized spacial score (nSPS) is 12.8. The van der Waals surface area contributed by atoms with Crippen LogP contribution < -0.4 is 0 Å². The number of rotatable bonds is 3. The van der Waals surface area contributed by atoms with Gasteiger partial charge in [-0.25, -0.2) is 0 Å². The van der Waals surface area contributed by atoms with Crippen LogP contribution in [0.25, 0.3) is 0 Å². The van der Waals surface area contributed by atoms with Crippen molar-refractivity contribution in [2.24, 2.45) is 0 Å².